The Morgan fingerprint density at radius 2 is 1.93 bits per heavy atom. The van der Waals surface area contributed by atoms with Crippen molar-refractivity contribution in [1.82, 2.24) is 15.3 Å². The van der Waals surface area contributed by atoms with Gasteiger partial charge in [-0.05, 0) is 32.1 Å². The molecule has 0 unspecified atom stereocenters. The molecule has 1 aliphatic carbocycles. The molecule has 7 heteroatoms. The Hall–Kier alpha value is -2.51. The second kappa shape index (κ2) is 8.88. The Balaban J connectivity index is 1.59. The van der Waals surface area contributed by atoms with Crippen molar-refractivity contribution in [1.29, 1.82) is 0 Å². The number of carbonyl (C=O) groups excluding carboxylic acids is 1. The van der Waals surface area contributed by atoms with Crippen molar-refractivity contribution < 1.29 is 15.0 Å². The van der Waals surface area contributed by atoms with Crippen LogP contribution in [0.2, 0.25) is 0 Å². The molecule has 1 fully saturated rings. The van der Waals surface area contributed by atoms with E-state index in [0.29, 0.717) is 6.54 Å². The molecule has 1 amide bonds. The maximum Gasteiger partial charge on any atom is 0.225 e. The Bertz CT molecular complexity index is 855. The van der Waals surface area contributed by atoms with Gasteiger partial charge in [0.25, 0.3) is 0 Å². The Labute approximate surface area is 170 Å². The highest BCUT2D eigenvalue weighted by Gasteiger charge is 2.31. The Morgan fingerprint density at radius 3 is 2.69 bits per heavy atom. The quantitative estimate of drug-likeness (QED) is 0.681. The number of rotatable bonds is 6. The number of nitrogens with one attached hydrogen (secondary N) is 1. The summed E-state index contributed by atoms with van der Waals surface area (Å²) in [5.74, 6) is 1.41. The summed E-state index contributed by atoms with van der Waals surface area (Å²) in [6.45, 7) is 0.926. The van der Waals surface area contributed by atoms with Gasteiger partial charge in [0.1, 0.15) is 5.82 Å². The predicted molar refractivity (Wildman–Crippen MR) is 111 cm³/mol. The lowest BCUT2D eigenvalue weighted by molar-refractivity contribution is -0.126. The van der Waals surface area contributed by atoms with E-state index in [1.807, 2.05) is 30.3 Å². The van der Waals surface area contributed by atoms with Gasteiger partial charge in [0, 0.05) is 29.9 Å². The molecule has 3 N–H and O–H groups in total. The first-order chi connectivity index (χ1) is 14.2. The molecule has 1 saturated heterocycles. The van der Waals surface area contributed by atoms with E-state index in [9.17, 15) is 15.0 Å². The number of amides is 1. The van der Waals surface area contributed by atoms with Crippen LogP contribution in [0.15, 0.2) is 30.3 Å². The van der Waals surface area contributed by atoms with E-state index in [4.69, 9.17) is 9.97 Å². The zero-order valence-electron chi connectivity index (χ0n) is 16.5. The van der Waals surface area contributed by atoms with Crippen LogP contribution in [0.25, 0.3) is 11.4 Å². The molecule has 0 saturated carbocycles. The summed E-state index contributed by atoms with van der Waals surface area (Å²) in [7, 11) is 0. The Kier molecular flexibility index (Phi) is 6.06. The molecule has 1 aliphatic heterocycles. The summed E-state index contributed by atoms with van der Waals surface area (Å²) in [5.41, 5.74) is 3.35. The smallest absolute Gasteiger partial charge is 0.225 e. The molecule has 154 valence electrons. The van der Waals surface area contributed by atoms with Crippen LogP contribution >= 0.6 is 0 Å². The second-order valence-corrected chi connectivity index (χ2v) is 7.87. The fourth-order valence-electron chi connectivity index (χ4n) is 4.24. The lowest BCUT2D eigenvalue weighted by atomic mass is 9.96. The minimum absolute atomic E-state index is 0.114. The van der Waals surface area contributed by atoms with Gasteiger partial charge in [-0.1, -0.05) is 30.3 Å². The van der Waals surface area contributed by atoms with Gasteiger partial charge in [0.15, 0.2) is 5.82 Å². The van der Waals surface area contributed by atoms with Crippen molar-refractivity contribution in [2.75, 3.05) is 31.2 Å². The first-order valence-electron chi connectivity index (χ1n) is 10.4. The molecule has 0 bridgehead atoms. The van der Waals surface area contributed by atoms with Crippen LogP contribution in [0.3, 0.4) is 0 Å². The van der Waals surface area contributed by atoms with Crippen molar-refractivity contribution >= 4 is 11.7 Å². The summed E-state index contributed by atoms with van der Waals surface area (Å²) >= 11 is 0. The van der Waals surface area contributed by atoms with Crippen LogP contribution in [-0.4, -0.2) is 58.4 Å². The molecule has 7 nitrogen and oxygen atoms in total. The largest absolute Gasteiger partial charge is 0.394 e. The SMILES string of the molecule is O=C(NC(CO)CO)[C@H]1CCCN(c2nc(-c3ccccc3)nc3c2CCC3)C1. The average molecular weight is 396 g/mol. The van der Waals surface area contributed by atoms with Gasteiger partial charge >= 0.3 is 0 Å². The van der Waals surface area contributed by atoms with E-state index in [1.54, 1.807) is 0 Å². The number of anilines is 1. The molecule has 1 aromatic heterocycles. The molecular formula is C22H28N4O3. The summed E-state index contributed by atoms with van der Waals surface area (Å²) < 4.78 is 0. The van der Waals surface area contributed by atoms with Crippen LogP contribution < -0.4 is 10.2 Å². The van der Waals surface area contributed by atoms with E-state index in [2.05, 4.69) is 10.2 Å². The van der Waals surface area contributed by atoms with Gasteiger partial charge < -0.3 is 20.4 Å². The summed E-state index contributed by atoms with van der Waals surface area (Å²) in [6.07, 6.45) is 4.73. The average Bonchev–Trinajstić information content (AvgIpc) is 3.26. The van der Waals surface area contributed by atoms with Gasteiger partial charge in [-0.3, -0.25) is 4.79 Å². The van der Waals surface area contributed by atoms with Crippen LogP contribution in [0.1, 0.15) is 30.5 Å². The van der Waals surface area contributed by atoms with Crippen LogP contribution in [0, 0.1) is 5.92 Å². The van der Waals surface area contributed by atoms with E-state index >= 15 is 0 Å². The number of carbonyl (C=O) groups is 1. The molecule has 29 heavy (non-hydrogen) atoms. The molecule has 4 rings (SSSR count). The molecule has 2 aromatic rings. The zero-order chi connectivity index (χ0) is 20.2. The first-order valence-corrected chi connectivity index (χ1v) is 10.4. The summed E-state index contributed by atoms with van der Waals surface area (Å²) in [5, 5.41) is 21.2. The highest BCUT2D eigenvalue weighted by atomic mass is 16.3. The first kappa shape index (κ1) is 19.8. The van der Waals surface area contributed by atoms with Gasteiger partial charge in [0.2, 0.25) is 5.91 Å². The van der Waals surface area contributed by atoms with Gasteiger partial charge in [-0.25, -0.2) is 9.97 Å². The number of hydrogen-bond donors (Lipinski definition) is 3. The van der Waals surface area contributed by atoms with Crippen molar-refractivity contribution in [2.45, 2.75) is 38.1 Å². The highest BCUT2D eigenvalue weighted by Crippen LogP contribution is 2.33. The third-order valence-corrected chi connectivity index (χ3v) is 5.82. The number of aliphatic hydroxyl groups is 2. The zero-order valence-corrected chi connectivity index (χ0v) is 16.5. The number of hydrogen-bond acceptors (Lipinski definition) is 6. The molecular weight excluding hydrogens is 368 g/mol. The summed E-state index contributed by atoms with van der Waals surface area (Å²) in [4.78, 5) is 24.6. The van der Waals surface area contributed by atoms with Crippen molar-refractivity contribution in [3.05, 3.63) is 41.6 Å². The Morgan fingerprint density at radius 1 is 1.14 bits per heavy atom. The predicted octanol–water partition coefficient (Wildman–Crippen LogP) is 1.32. The third-order valence-electron chi connectivity index (χ3n) is 5.82. The van der Waals surface area contributed by atoms with E-state index in [1.165, 1.54) is 5.56 Å². The minimum Gasteiger partial charge on any atom is -0.394 e. The fraction of sp³-hybridized carbons (Fsp3) is 0.500. The number of aliphatic hydroxyl groups excluding tert-OH is 2. The number of nitrogens with zero attached hydrogens (tertiary/aromatic N) is 3. The fourth-order valence-corrected chi connectivity index (χ4v) is 4.24. The third kappa shape index (κ3) is 4.26. The van der Waals surface area contributed by atoms with Crippen LogP contribution in [0.5, 0.6) is 0 Å². The molecule has 0 radical (unpaired) electrons. The number of aromatic nitrogens is 2. The van der Waals surface area contributed by atoms with E-state index < -0.39 is 6.04 Å². The normalized spacial score (nSPS) is 18.7. The van der Waals surface area contributed by atoms with Crippen molar-refractivity contribution in [3.8, 4) is 11.4 Å². The van der Waals surface area contributed by atoms with Gasteiger partial charge in [0.05, 0.1) is 25.2 Å². The lowest BCUT2D eigenvalue weighted by Crippen LogP contribution is -2.48. The second-order valence-electron chi connectivity index (χ2n) is 7.87. The standard InChI is InChI=1S/C22H28N4O3/c27-13-17(14-28)23-22(29)16-8-5-11-26(12-16)21-18-9-4-10-19(18)24-20(25-21)15-6-2-1-3-7-15/h1-3,6-7,16-17,27-28H,4-5,8-14H2,(H,23,29)/t16-/m0/s1. The van der Waals surface area contributed by atoms with E-state index in [0.717, 1.165) is 61.5 Å². The van der Waals surface area contributed by atoms with Gasteiger partial charge in [-0.2, -0.15) is 0 Å². The number of benzene rings is 1. The van der Waals surface area contributed by atoms with Gasteiger partial charge in [-0.15, -0.1) is 0 Å². The van der Waals surface area contributed by atoms with Crippen LogP contribution in [0.4, 0.5) is 5.82 Å². The maximum atomic E-state index is 12.6. The number of aryl methyl sites for hydroxylation is 1. The lowest BCUT2D eigenvalue weighted by Gasteiger charge is -2.34. The number of fused-ring (bicyclic) bond motifs is 1. The molecule has 2 aliphatic rings. The van der Waals surface area contributed by atoms with Crippen molar-refractivity contribution in [2.24, 2.45) is 5.92 Å². The molecule has 2 heterocycles. The van der Waals surface area contributed by atoms with Crippen molar-refractivity contribution in [3.63, 3.8) is 0 Å². The number of piperidine rings is 1. The highest BCUT2D eigenvalue weighted by molar-refractivity contribution is 5.80. The maximum absolute atomic E-state index is 12.6. The monoisotopic (exact) mass is 396 g/mol. The molecule has 1 atom stereocenters. The topological polar surface area (TPSA) is 98.6 Å². The van der Waals surface area contributed by atoms with E-state index in [-0.39, 0.29) is 25.0 Å². The molecule has 1 aromatic carbocycles. The minimum atomic E-state index is -0.606. The summed E-state index contributed by atoms with van der Waals surface area (Å²) in [6, 6.07) is 9.41. The van der Waals surface area contributed by atoms with Crippen LogP contribution in [-0.2, 0) is 17.6 Å². The molecule has 0 spiro atoms.